The predicted octanol–water partition coefficient (Wildman–Crippen LogP) is 3.61. The minimum atomic E-state index is -0.389. The van der Waals surface area contributed by atoms with Crippen molar-refractivity contribution < 1.29 is 4.79 Å². The number of fused-ring (bicyclic) bond motifs is 2. The van der Waals surface area contributed by atoms with Crippen LogP contribution in [0.25, 0.3) is 16.6 Å². The number of nitrogens with two attached hydrogens (primary N) is 1. The molecular formula is C19H18N2O. The van der Waals surface area contributed by atoms with Crippen molar-refractivity contribution in [1.82, 2.24) is 4.57 Å². The second-order valence-electron chi connectivity index (χ2n) is 5.98. The Hall–Kier alpha value is -2.55. The van der Waals surface area contributed by atoms with Crippen molar-refractivity contribution >= 4 is 16.8 Å². The molecule has 0 bridgehead atoms. The Kier molecular flexibility index (Phi) is 3.00. The predicted molar refractivity (Wildman–Crippen MR) is 88.4 cm³/mol. The Bertz CT molecular complexity index is 876. The smallest absolute Gasteiger partial charge is 0.248 e. The minimum absolute atomic E-state index is 0.389. The van der Waals surface area contributed by atoms with Crippen LogP contribution in [0.4, 0.5) is 0 Å². The zero-order valence-electron chi connectivity index (χ0n) is 12.4. The summed E-state index contributed by atoms with van der Waals surface area (Å²) in [5.41, 5.74) is 11.1. The van der Waals surface area contributed by atoms with Crippen molar-refractivity contribution in [2.75, 3.05) is 0 Å². The van der Waals surface area contributed by atoms with Crippen LogP contribution in [0.1, 0.15) is 34.3 Å². The number of carbonyl (C=O) groups excluding carboxylic acids is 1. The van der Waals surface area contributed by atoms with E-state index in [0.29, 0.717) is 5.56 Å². The van der Waals surface area contributed by atoms with Gasteiger partial charge in [-0.15, -0.1) is 0 Å². The number of aryl methyl sites for hydroxylation is 2. The van der Waals surface area contributed by atoms with Crippen molar-refractivity contribution in [1.29, 1.82) is 0 Å². The average Bonchev–Trinajstić information content (AvgIpc) is 2.97. The van der Waals surface area contributed by atoms with Crippen LogP contribution in [0.15, 0.2) is 48.7 Å². The lowest BCUT2D eigenvalue weighted by atomic mass is 9.91. The summed E-state index contributed by atoms with van der Waals surface area (Å²) in [6, 6.07) is 14.4. The second-order valence-corrected chi connectivity index (χ2v) is 5.98. The van der Waals surface area contributed by atoms with Crippen LogP contribution >= 0.6 is 0 Å². The Labute approximate surface area is 129 Å². The first kappa shape index (κ1) is 13.1. The maximum Gasteiger partial charge on any atom is 0.248 e. The molecule has 1 aliphatic carbocycles. The van der Waals surface area contributed by atoms with E-state index in [0.717, 1.165) is 23.0 Å². The van der Waals surface area contributed by atoms with Gasteiger partial charge in [0.1, 0.15) is 0 Å². The van der Waals surface area contributed by atoms with Gasteiger partial charge in [-0.25, -0.2) is 0 Å². The van der Waals surface area contributed by atoms with Crippen LogP contribution in [0, 0.1) is 0 Å². The fourth-order valence-electron chi connectivity index (χ4n) is 3.38. The van der Waals surface area contributed by atoms with E-state index in [1.807, 2.05) is 12.1 Å². The molecule has 1 aliphatic rings. The van der Waals surface area contributed by atoms with E-state index in [-0.39, 0.29) is 5.91 Å². The third kappa shape index (κ3) is 2.10. The summed E-state index contributed by atoms with van der Waals surface area (Å²) < 4.78 is 2.14. The molecule has 0 unspecified atom stereocenters. The first-order valence-electron chi connectivity index (χ1n) is 7.75. The lowest BCUT2D eigenvalue weighted by Crippen LogP contribution is -2.10. The highest BCUT2D eigenvalue weighted by Crippen LogP contribution is 2.27. The largest absolute Gasteiger partial charge is 0.366 e. The number of hydrogen-bond acceptors (Lipinski definition) is 1. The van der Waals surface area contributed by atoms with E-state index in [2.05, 4.69) is 35.0 Å². The summed E-state index contributed by atoms with van der Waals surface area (Å²) in [6.07, 6.45) is 6.97. The average molecular weight is 290 g/mol. The molecule has 3 nitrogen and oxygen atoms in total. The van der Waals surface area contributed by atoms with E-state index in [9.17, 15) is 4.79 Å². The van der Waals surface area contributed by atoms with Gasteiger partial charge in [-0.3, -0.25) is 4.79 Å². The molecule has 1 amide bonds. The van der Waals surface area contributed by atoms with Gasteiger partial charge in [-0.1, -0.05) is 12.1 Å². The first-order chi connectivity index (χ1) is 10.7. The van der Waals surface area contributed by atoms with Crippen LogP contribution in [0.2, 0.25) is 0 Å². The fourth-order valence-corrected chi connectivity index (χ4v) is 3.38. The molecule has 22 heavy (non-hydrogen) atoms. The maximum absolute atomic E-state index is 11.4. The summed E-state index contributed by atoms with van der Waals surface area (Å²) in [6.45, 7) is 0. The second kappa shape index (κ2) is 5.02. The van der Waals surface area contributed by atoms with Gasteiger partial charge in [0.2, 0.25) is 5.91 Å². The standard InChI is InChI=1S/C19H18N2O/c20-19(22)16-6-5-14-9-10-21(18(14)12-16)17-8-7-13-3-1-2-4-15(13)11-17/h5-12H,1-4H2,(H2,20,22). The normalized spacial score (nSPS) is 14.0. The number of rotatable bonds is 2. The van der Waals surface area contributed by atoms with Crippen LogP contribution < -0.4 is 5.73 Å². The summed E-state index contributed by atoms with van der Waals surface area (Å²) in [4.78, 5) is 11.4. The Balaban J connectivity index is 1.86. The Morgan fingerprint density at radius 3 is 2.59 bits per heavy atom. The molecule has 2 N–H and O–H groups in total. The molecule has 0 spiro atoms. The number of amides is 1. The molecule has 0 radical (unpaired) electrons. The lowest BCUT2D eigenvalue weighted by molar-refractivity contribution is 0.100. The molecule has 3 aromatic rings. The highest BCUT2D eigenvalue weighted by atomic mass is 16.1. The Morgan fingerprint density at radius 1 is 0.955 bits per heavy atom. The van der Waals surface area contributed by atoms with Gasteiger partial charge in [0.15, 0.2) is 0 Å². The van der Waals surface area contributed by atoms with Gasteiger partial charge in [0.25, 0.3) is 0 Å². The highest BCUT2D eigenvalue weighted by molar-refractivity contribution is 5.97. The van der Waals surface area contributed by atoms with E-state index in [4.69, 9.17) is 5.73 Å². The fraction of sp³-hybridized carbons (Fsp3) is 0.211. The number of hydrogen-bond donors (Lipinski definition) is 1. The van der Waals surface area contributed by atoms with Crippen LogP contribution in [0.3, 0.4) is 0 Å². The van der Waals surface area contributed by atoms with Gasteiger partial charge in [-0.05, 0) is 72.5 Å². The molecule has 4 rings (SSSR count). The third-order valence-electron chi connectivity index (χ3n) is 4.59. The van der Waals surface area contributed by atoms with Gasteiger partial charge in [-0.2, -0.15) is 0 Å². The van der Waals surface area contributed by atoms with Gasteiger partial charge < -0.3 is 10.3 Å². The summed E-state index contributed by atoms with van der Waals surface area (Å²) in [5, 5.41) is 1.11. The van der Waals surface area contributed by atoms with Crippen molar-refractivity contribution in [2.24, 2.45) is 5.73 Å². The quantitative estimate of drug-likeness (QED) is 0.770. The SMILES string of the molecule is NC(=O)c1ccc2ccn(-c3ccc4c(c3)CCCC4)c2c1. The monoisotopic (exact) mass is 290 g/mol. The third-order valence-corrected chi connectivity index (χ3v) is 4.59. The topological polar surface area (TPSA) is 48.0 Å². The zero-order valence-corrected chi connectivity index (χ0v) is 12.4. The van der Waals surface area contributed by atoms with E-state index >= 15 is 0 Å². The molecule has 110 valence electrons. The first-order valence-corrected chi connectivity index (χ1v) is 7.75. The van der Waals surface area contributed by atoms with Crippen LogP contribution in [0.5, 0.6) is 0 Å². The van der Waals surface area contributed by atoms with E-state index in [1.54, 1.807) is 6.07 Å². The summed E-state index contributed by atoms with van der Waals surface area (Å²) in [7, 11) is 0. The maximum atomic E-state index is 11.4. The number of aromatic nitrogens is 1. The zero-order chi connectivity index (χ0) is 15.1. The molecule has 0 atom stereocenters. The number of nitrogens with zero attached hydrogens (tertiary/aromatic N) is 1. The van der Waals surface area contributed by atoms with Crippen molar-refractivity contribution in [3.05, 3.63) is 65.4 Å². The molecule has 1 aromatic heterocycles. The van der Waals surface area contributed by atoms with Gasteiger partial charge >= 0.3 is 0 Å². The minimum Gasteiger partial charge on any atom is -0.366 e. The molecule has 0 saturated carbocycles. The van der Waals surface area contributed by atoms with Crippen molar-refractivity contribution in [2.45, 2.75) is 25.7 Å². The van der Waals surface area contributed by atoms with E-state index < -0.39 is 0 Å². The number of benzene rings is 2. The van der Waals surface area contributed by atoms with Crippen molar-refractivity contribution in [3.63, 3.8) is 0 Å². The molecule has 3 heteroatoms. The number of carbonyl (C=O) groups is 1. The molecular weight excluding hydrogens is 272 g/mol. The molecule has 0 fully saturated rings. The molecule has 1 heterocycles. The molecule has 0 aliphatic heterocycles. The number of primary amides is 1. The Morgan fingerprint density at radius 2 is 1.77 bits per heavy atom. The summed E-state index contributed by atoms with van der Waals surface area (Å²) >= 11 is 0. The van der Waals surface area contributed by atoms with Crippen LogP contribution in [-0.4, -0.2) is 10.5 Å². The van der Waals surface area contributed by atoms with E-state index in [1.165, 1.54) is 30.4 Å². The molecule has 0 saturated heterocycles. The molecule has 2 aromatic carbocycles. The van der Waals surface area contributed by atoms with Gasteiger partial charge in [0, 0.05) is 17.4 Å². The highest BCUT2D eigenvalue weighted by Gasteiger charge is 2.12. The van der Waals surface area contributed by atoms with Crippen LogP contribution in [-0.2, 0) is 12.8 Å². The summed E-state index contributed by atoms with van der Waals surface area (Å²) in [5.74, 6) is -0.389. The lowest BCUT2D eigenvalue weighted by Gasteiger charge is -2.17. The van der Waals surface area contributed by atoms with Gasteiger partial charge in [0.05, 0.1) is 5.52 Å². The van der Waals surface area contributed by atoms with Crippen molar-refractivity contribution in [3.8, 4) is 5.69 Å².